The molecule has 188 valence electrons. The zero-order chi connectivity index (χ0) is 26.1. The molecule has 1 aromatic heterocycles. The monoisotopic (exact) mass is 515 g/mol. The molecule has 12 heteroatoms. The number of halogens is 2. The predicted molar refractivity (Wildman–Crippen MR) is 128 cm³/mol. The van der Waals surface area contributed by atoms with Gasteiger partial charge in [-0.15, -0.1) is 0 Å². The Morgan fingerprint density at radius 1 is 1.06 bits per heavy atom. The van der Waals surface area contributed by atoms with Crippen molar-refractivity contribution >= 4 is 27.5 Å². The maximum Gasteiger partial charge on any atom is 0.255 e. The van der Waals surface area contributed by atoms with Gasteiger partial charge in [0.25, 0.3) is 5.91 Å². The molecule has 4 rings (SSSR count). The zero-order valence-electron chi connectivity index (χ0n) is 19.4. The van der Waals surface area contributed by atoms with E-state index in [1.54, 1.807) is 6.92 Å². The summed E-state index contributed by atoms with van der Waals surface area (Å²) in [6.45, 7) is 1.59. The van der Waals surface area contributed by atoms with Gasteiger partial charge in [-0.2, -0.15) is 0 Å². The number of aromatic nitrogens is 2. The second kappa shape index (κ2) is 9.61. The van der Waals surface area contributed by atoms with E-state index in [1.807, 2.05) is 0 Å². The number of para-hydroxylation sites is 1. The number of anilines is 1. The first-order chi connectivity index (χ1) is 17.0. The van der Waals surface area contributed by atoms with E-state index in [1.165, 1.54) is 43.0 Å². The van der Waals surface area contributed by atoms with Gasteiger partial charge in [-0.1, -0.05) is 24.3 Å². The van der Waals surface area contributed by atoms with E-state index >= 15 is 4.39 Å². The second-order valence-corrected chi connectivity index (χ2v) is 10.4. The molecule has 0 spiro atoms. The number of amides is 2. The lowest BCUT2D eigenvalue weighted by Crippen LogP contribution is -2.49. The molecule has 1 saturated carbocycles. The van der Waals surface area contributed by atoms with Crippen LogP contribution in [-0.2, 0) is 14.8 Å². The van der Waals surface area contributed by atoms with Gasteiger partial charge >= 0.3 is 0 Å². The standard InChI is InChI=1S/C24H23F2N5O4S/c1-14(29-23(33)24(8-9-24)30-22(32)16-11-27-13-28-12-16)17-7-6-15(10-20(17)26)18-4-3-5-19(25)21(18)31-36(2,34)35/h3-7,10-14,31H,8-9H2,1-2H3,(H,29,33)(H,30,32)/t14-/m1/s1. The van der Waals surface area contributed by atoms with Gasteiger partial charge in [-0.3, -0.25) is 14.3 Å². The fourth-order valence-corrected chi connectivity index (χ4v) is 4.33. The Balaban J connectivity index is 1.50. The Labute approximate surface area is 206 Å². The summed E-state index contributed by atoms with van der Waals surface area (Å²) in [5.41, 5.74) is -0.592. The molecule has 0 radical (unpaired) electrons. The minimum atomic E-state index is -3.78. The van der Waals surface area contributed by atoms with Gasteiger partial charge in [-0.05, 0) is 37.5 Å². The molecule has 0 aliphatic heterocycles. The summed E-state index contributed by atoms with van der Waals surface area (Å²) >= 11 is 0. The average molecular weight is 516 g/mol. The summed E-state index contributed by atoms with van der Waals surface area (Å²) in [5.74, 6) is -2.42. The smallest absolute Gasteiger partial charge is 0.255 e. The van der Waals surface area contributed by atoms with E-state index in [-0.39, 0.29) is 27.9 Å². The molecule has 1 atom stereocenters. The first-order valence-corrected chi connectivity index (χ1v) is 12.8. The molecule has 9 nitrogen and oxygen atoms in total. The molecule has 36 heavy (non-hydrogen) atoms. The fourth-order valence-electron chi connectivity index (χ4n) is 3.75. The highest BCUT2D eigenvalue weighted by atomic mass is 32.2. The number of carbonyl (C=O) groups excluding carboxylic acids is 2. The van der Waals surface area contributed by atoms with Crippen LogP contribution >= 0.6 is 0 Å². The summed E-state index contributed by atoms with van der Waals surface area (Å²) in [6, 6.07) is 7.28. The van der Waals surface area contributed by atoms with Crippen LogP contribution in [0.3, 0.4) is 0 Å². The summed E-state index contributed by atoms with van der Waals surface area (Å²) in [4.78, 5) is 32.9. The minimum Gasteiger partial charge on any atom is -0.347 e. The Kier molecular flexibility index (Phi) is 6.72. The van der Waals surface area contributed by atoms with Crippen molar-refractivity contribution in [1.29, 1.82) is 0 Å². The van der Waals surface area contributed by atoms with Crippen molar-refractivity contribution in [2.45, 2.75) is 31.3 Å². The molecule has 3 aromatic rings. The molecule has 1 aliphatic carbocycles. The first kappa shape index (κ1) is 25.2. The number of rotatable bonds is 8. The van der Waals surface area contributed by atoms with Crippen LogP contribution in [0.15, 0.2) is 55.1 Å². The number of hydrogen-bond acceptors (Lipinski definition) is 6. The van der Waals surface area contributed by atoms with Crippen LogP contribution in [-0.4, -0.2) is 42.0 Å². The maximum absolute atomic E-state index is 15.1. The van der Waals surface area contributed by atoms with Crippen LogP contribution in [0.2, 0.25) is 0 Å². The highest BCUT2D eigenvalue weighted by Gasteiger charge is 2.51. The third-order valence-corrected chi connectivity index (χ3v) is 6.36. The highest BCUT2D eigenvalue weighted by Crippen LogP contribution is 2.37. The number of hydrogen-bond donors (Lipinski definition) is 3. The SMILES string of the molecule is C[C@@H](NC(=O)C1(NC(=O)c2cncnc2)CC1)c1ccc(-c2cccc(F)c2NS(C)(=O)=O)cc1F. The summed E-state index contributed by atoms with van der Waals surface area (Å²) in [5, 5.41) is 5.43. The first-order valence-electron chi connectivity index (χ1n) is 10.9. The number of carbonyl (C=O) groups is 2. The molecular weight excluding hydrogens is 492 g/mol. The molecule has 1 heterocycles. The molecule has 0 unspecified atom stereocenters. The highest BCUT2D eigenvalue weighted by molar-refractivity contribution is 7.92. The number of nitrogens with one attached hydrogen (secondary N) is 3. The number of benzene rings is 2. The molecule has 3 N–H and O–H groups in total. The third kappa shape index (κ3) is 5.48. The van der Waals surface area contributed by atoms with E-state index in [2.05, 4.69) is 25.3 Å². The van der Waals surface area contributed by atoms with E-state index < -0.39 is 45.1 Å². The van der Waals surface area contributed by atoms with Crippen molar-refractivity contribution in [1.82, 2.24) is 20.6 Å². The van der Waals surface area contributed by atoms with Gasteiger partial charge in [0, 0.05) is 23.5 Å². The normalized spacial score (nSPS) is 15.0. The summed E-state index contributed by atoms with van der Waals surface area (Å²) in [6.07, 6.45) is 5.72. The zero-order valence-corrected chi connectivity index (χ0v) is 20.2. The van der Waals surface area contributed by atoms with Gasteiger partial charge in [0.15, 0.2) is 0 Å². The van der Waals surface area contributed by atoms with Crippen LogP contribution in [0.25, 0.3) is 11.1 Å². The van der Waals surface area contributed by atoms with Crippen molar-refractivity contribution in [3.05, 3.63) is 77.9 Å². The molecule has 0 saturated heterocycles. The van der Waals surface area contributed by atoms with E-state index in [0.717, 1.165) is 18.4 Å². The minimum absolute atomic E-state index is 0.159. The van der Waals surface area contributed by atoms with Gasteiger partial charge in [0.05, 0.1) is 23.5 Å². The summed E-state index contributed by atoms with van der Waals surface area (Å²) in [7, 11) is -3.78. The number of sulfonamides is 1. The van der Waals surface area contributed by atoms with Gasteiger partial charge in [0.1, 0.15) is 23.5 Å². The largest absolute Gasteiger partial charge is 0.347 e. The summed E-state index contributed by atoms with van der Waals surface area (Å²) < 4.78 is 54.9. The van der Waals surface area contributed by atoms with E-state index in [4.69, 9.17) is 0 Å². The molecule has 2 amide bonds. The van der Waals surface area contributed by atoms with Gasteiger partial charge < -0.3 is 10.6 Å². The van der Waals surface area contributed by atoms with E-state index in [0.29, 0.717) is 12.8 Å². The lowest BCUT2D eigenvalue weighted by Gasteiger charge is -2.22. The Morgan fingerprint density at radius 2 is 1.75 bits per heavy atom. The predicted octanol–water partition coefficient (Wildman–Crippen LogP) is 2.93. The molecule has 0 bridgehead atoms. The fraction of sp³-hybridized carbons (Fsp3) is 0.250. The average Bonchev–Trinajstić information content (AvgIpc) is 3.60. The lowest BCUT2D eigenvalue weighted by molar-refractivity contribution is -0.124. The Hall–Kier alpha value is -3.93. The van der Waals surface area contributed by atoms with Crippen molar-refractivity contribution in [2.75, 3.05) is 11.0 Å². The molecule has 1 fully saturated rings. The van der Waals surface area contributed by atoms with Crippen molar-refractivity contribution < 1.29 is 26.8 Å². The molecule has 1 aliphatic rings. The van der Waals surface area contributed by atoms with Crippen LogP contribution in [0.5, 0.6) is 0 Å². The number of nitrogens with zero attached hydrogens (tertiary/aromatic N) is 2. The second-order valence-electron chi connectivity index (χ2n) is 8.63. The van der Waals surface area contributed by atoms with Crippen molar-refractivity contribution in [3.8, 4) is 11.1 Å². The van der Waals surface area contributed by atoms with Gasteiger partial charge in [0.2, 0.25) is 15.9 Å². The quantitative estimate of drug-likeness (QED) is 0.423. The van der Waals surface area contributed by atoms with Gasteiger partial charge in [-0.25, -0.2) is 27.2 Å². The van der Waals surface area contributed by atoms with Crippen LogP contribution in [0, 0.1) is 11.6 Å². The van der Waals surface area contributed by atoms with Crippen molar-refractivity contribution in [3.63, 3.8) is 0 Å². The lowest BCUT2D eigenvalue weighted by atomic mass is 9.99. The van der Waals surface area contributed by atoms with E-state index in [9.17, 15) is 22.4 Å². The van der Waals surface area contributed by atoms with Crippen molar-refractivity contribution in [2.24, 2.45) is 0 Å². The molecule has 2 aromatic carbocycles. The van der Waals surface area contributed by atoms with Crippen LogP contribution in [0.1, 0.15) is 41.7 Å². The maximum atomic E-state index is 15.1. The third-order valence-electron chi connectivity index (χ3n) is 5.79. The molecular formula is C24H23F2N5O4S. The van der Waals surface area contributed by atoms with Crippen LogP contribution < -0.4 is 15.4 Å². The van der Waals surface area contributed by atoms with Crippen LogP contribution in [0.4, 0.5) is 14.5 Å². The Morgan fingerprint density at radius 3 is 2.36 bits per heavy atom. The Bertz CT molecular complexity index is 1430. The topological polar surface area (TPSA) is 130 Å².